The van der Waals surface area contributed by atoms with E-state index in [9.17, 15) is 9.59 Å². The average Bonchev–Trinajstić information content (AvgIpc) is 2.79. The van der Waals surface area contributed by atoms with E-state index in [1.165, 1.54) is 0 Å². The minimum absolute atomic E-state index is 0.0253. The highest BCUT2D eigenvalue weighted by atomic mass is 16.2. The molecule has 5 heteroatoms. The number of hydrogen-bond acceptors (Lipinski definition) is 2. The van der Waals surface area contributed by atoms with Crippen LogP contribution in [-0.2, 0) is 4.79 Å². The summed E-state index contributed by atoms with van der Waals surface area (Å²) in [5.74, 6) is -0.235. The van der Waals surface area contributed by atoms with Crippen molar-refractivity contribution in [3.05, 3.63) is 102 Å². The van der Waals surface area contributed by atoms with Crippen LogP contribution in [0.3, 0.4) is 0 Å². The Balaban J connectivity index is 1.67. The van der Waals surface area contributed by atoms with Crippen LogP contribution in [-0.4, -0.2) is 24.5 Å². The summed E-state index contributed by atoms with van der Waals surface area (Å²) in [6, 6.07) is 28.3. The Bertz CT molecular complexity index is 920. The second kappa shape index (κ2) is 11.0. The quantitative estimate of drug-likeness (QED) is 0.495. The van der Waals surface area contributed by atoms with Crippen LogP contribution >= 0.6 is 0 Å². The van der Waals surface area contributed by atoms with Crippen LogP contribution < -0.4 is 16.0 Å². The molecule has 1 unspecified atom stereocenters. The third kappa shape index (κ3) is 6.44. The van der Waals surface area contributed by atoms with Crippen molar-refractivity contribution in [2.45, 2.75) is 25.8 Å². The standard InChI is InChI=1S/C26H29N3O2/c1-19(2)24(29-26(31)28-22-16-10-5-11-17-22)25(30)27-18-23(20-12-6-3-7-13-20)21-14-8-4-9-15-21/h3-17,19,23-24H,18H2,1-2H3,(H,27,30)(H2,28,29,31). The van der Waals surface area contributed by atoms with Gasteiger partial charge in [-0.3, -0.25) is 4.79 Å². The maximum absolute atomic E-state index is 13.0. The molecular formula is C26H29N3O2. The zero-order valence-corrected chi connectivity index (χ0v) is 17.9. The maximum Gasteiger partial charge on any atom is 0.319 e. The molecule has 3 N–H and O–H groups in total. The molecule has 160 valence electrons. The molecule has 0 spiro atoms. The number of para-hydroxylation sites is 1. The van der Waals surface area contributed by atoms with Gasteiger partial charge in [-0.05, 0) is 29.2 Å². The molecule has 0 aliphatic rings. The first-order chi connectivity index (χ1) is 15.0. The first kappa shape index (κ1) is 22.1. The van der Waals surface area contributed by atoms with Crippen LogP contribution in [0.4, 0.5) is 10.5 Å². The normalized spacial score (nSPS) is 11.7. The summed E-state index contributed by atoms with van der Waals surface area (Å²) in [5.41, 5.74) is 2.94. The minimum atomic E-state index is -0.643. The number of hydrogen-bond donors (Lipinski definition) is 3. The predicted octanol–water partition coefficient (Wildman–Crippen LogP) is 4.78. The van der Waals surface area contributed by atoms with Crippen molar-refractivity contribution in [3.63, 3.8) is 0 Å². The van der Waals surface area contributed by atoms with Crippen LogP contribution in [0.25, 0.3) is 0 Å². The van der Waals surface area contributed by atoms with Crippen molar-refractivity contribution < 1.29 is 9.59 Å². The maximum atomic E-state index is 13.0. The number of rotatable bonds is 8. The van der Waals surface area contributed by atoms with Gasteiger partial charge in [0.25, 0.3) is 0 Å². The number of anilines is 1. The Hall–Kier alpha value is -3.60. The molecule has 3 rings (SSSR count). The number of urea groups is 1. The topological polar surface area (TPSA) is 70.2 Å². The fourth-order valence-electron chi connectivity index (χ4n) is 3.48. The molecule has 0 bridgehead atoms. The van der Waals surface area contributed by atoms with Gasteiger partial charge in [-0.15, -0.1) is 0 Å². The zero-order chi connectivity index (χ0) is 22.1. The Morgan fingerprint density at radius 2 is 1.23 bits per heavy atom. The van der Waals surface area contributed by atoms with Crippen LogP contribution in [0.5, 0.6) is 0 Å². The van der Waals surface area contributed by atoms with E-state index in [0.717, 1.165) is 11.1 Å². The van der Waals surface area contributed by atoms with Crippen molar-refractivity contribution in [1.29, 1.82) is 0 Å². The summed E-state index contributed by atoms with van der Waals surface area (Å²) < 4.78 is 0. The van der Waals surface area contributed by atoms with Crippen LogP contribution in [0.2, 0.25) is 0 Å². The fraction of sp³-hybridized carbons (Fsp3) is 0.231. The van der Waals surface area contributed by atoms with Gasteiger partial charge >= 0.3 is 6.03 Å². The second-order valence-electron chi connectivity index (χ2n) is 7.81. The number of carbonyl (C=O) groups is 2. The molecule has 3 aromatic carbocycles. The summed E-state index contributed by atoms with van der Waals surface area (Å²) in [4.78, 5) is 25.4. The van der Waals surface area contributed by atoms with E-state index < -0.39 is 12.1 Å². The second-order valence-corrected chi connectivity index (χ2v) is 7.81. The van der Waals surface area contributed by atoms with Gasteiger partial charge in [0.1, 0.15) is 6.04 Å². The smallest absolute Gasteiger partial charge is 0.319 e. The molecular weight excluding hydrogens is 386 g/mol. The Labute approximate surface area is 183 Å². The van der Waals surface area contributed by atoms with E-state index in [1.807, 2.05) is 68.4 Å². The summed E-state index contributed by atoms with van der Waals surface area (Å²) in [7, 11) is 0. The molecule has 31 heavy (non-hydrogen) atoms. The Kier molecular flexibility index (Phi) is 7.82. The van der Waals surface area contributed by atoms with Gasteiger partial charge in [0.05, 0.1) is 0 Å². The molecule has 0 saturated heterocycles. The molecule has 0 heterocycles. The molecule has 0 aliphatic heterocycles. The lowest BCUT2D eigenvalue weighted by molar-refractivity contribution is -0.123. The van der Waals surface area contributed by atoms with E-state index in [-0.39, 0.29) is 17.7 Å². The largest absolute Gasteiger partial charge is 0.353 e. The van der Waals surface area contributed by atoms with Gasteiger partial charge < -0.3 is 16.0 Å². The van der Waals surface area contributed by atoms with Crippen molar-refractivity contribution >= 4 is 17.6 Å². The molecule has 0 saturated carbocycles. The highest BCUT2D eigenvalue weighted by Gasteiger charge is 2.25. The number of benzene rings is 3. The average molecular weight is 416 g/mol. The molecule has 3 amide bonds. The molecule has 0 aliphatic carbocycles. The zero-order valence-electron chi connectivity index (χ0n) is 17.9. The molecule has 5 nitrogen and oxygen atoms in total. The van der Waals surface area contributed by atoms with Gasteiger partial charge in [-0.2, -0.15) is 0 Å². The first-order valence-electron chi connectivity index (χ1n) is 10.5. The highest BCUT2D eigenvalue weighted by Crippen LogP contribution is 2.23. The Morgan fingerprint density at radius 3 is 1.71 bits per heavy atom. The molecule has 0 fully saturated rings. The minimum Gasteiger partial charge on any atom is -0.353 e. The molecule has 1 atom stereocenters. The lowest BCUT2D eigenvalue weighted by Gasteiger charge is -2.24. The van der Waals surface area contributed by atoms with Crippen LogP contribution in [0.15, 0.2) is 91.0 Å². The summed E-state index contributed by atoms with van der Waals surface area (Å²) in [6.45, 7) is 4.27. The summed E-state index contributed by atoms with van der Waals surface area (Å²) in [6.07, 6.45) is 0. The molecule has 0 radical (unpaired) electrons. The van der Waals surface area contributed by atoms with E-state index in [2.05, 4.69) is 40.2 Å². The van der Waals surface area contributed by atoms with Crippen LogP contribution in [0, 0.1) is 5.92 Å². The lowest BCUT2D eigenvalue weighted by Crippen LogP contribution is -2.51. The van der Waals surface area contributed by atoms with Crippen LogP contribution in [0.1, 0.15) is 30.9 Å². The lowest BCUT2D eigenvalue weighted by atomic mass is 9.91. The van der Waals surface area contributed by atoms with Gasteiger partial charge in [0, 0.05) is 18.2 Å². The van der Waals surface area contributed by atoms with Gasteiger partial charge in [0.15, 0.2) is 0 Å². The summed E-state index contributed by atoms with van der Waals surface area (Å²) >= 11 is 0. The SMILES string of the molecule is CC(C)C(NC(=O)Nc1ccccc1)C(=O)NCC(c1ccccc1)c1ccccc1. The van der Waals surface area contributed by atoms with Gasteiger partial charge in [-0.25, -0.2) is 4.79 Å². The van der Waals surface area contributed by atoms with E-state index in [1.54, 1.807) is 12.1 Å². The predicted molar refractivity (Wildman–Crippen MR) is 125 cm³/mol. The molecule has 3 aromatic rings. The number of nitrogens with one attached hydrogen (secondary N) is 3. The monoisotopic (exact) mass is 415 g/mol. The van der Waals surface area contributed by atoms with Gasteiger partial charge in [0.2, 0.25) is 5.91 Å². The summed E-state index contributed by atoms with van der Waals surface area (Å²) in [5, 5.41) is 8.62. The van der Waals surface area contributed by atoms with E-state index in [0.29, 0.717) is 12.2 Å². The van der Waals surface area contributed by atoms with Gasteiger partial charge in [-0.1, -0.05) is 92.7 Å². The third-order valence-corrected chi connectivity index (χ3v) is 5.15. The van der Waals surface area contributed by atoms with Crippen molar-refractivity contribution in [3.8, 4) is 0 Å². The first-order valence-corrected chi connectivity index (χ1v) is 10.5. The number of amides is 3. The van der Waals surface area contributed by atoms with Crippen molar-refractivity contribution in [2.24, 2.45) is 5.92 Å². The van der Waals surface area contributed by atoms with E-state index >= 15 is 0 Å². The third-order valence-electron chi connectivity index (χ3n) is 5.15. The fourth-order valence-corrected chi connectivity index (χ4v) is 3.48. The van der Waals surface area contributed by atoms with Crippen molar-refractivity contribution in [2.75, 3.05) is 11.9 Å². The highest BCUT2D eigenvalue weighted by molar-refractivity contribution is 5.93. The van der Waals surface area contributed by atoms with Crippen molar-refractivity contribution in [1.82, 2.24) is 10.6 Å². The number of carbonyl (C=O) groups excluding carboxylic acids is 2. The Morgan fingerprint density at radius 1 is 0.742 bits per heavy atom. The molecule has 0 aromatic heterocycles. The van der Waals surface area contributed by atoms with E-state index in [4.69, 9.17) is 0 Å².